The first-order chi connectivity index (χ1) is 3.29. The Balaban J connectivity index is 0.000000490. The Morgan fingerprint density at radius 2 is 2.00 bits per heavy atom. The number of nitrogens with one attached hydrogen (secondary N) is 2. The molecule has 0 aliphatic rings. The fourth-order valence-corrected chi connectivity index (χ4v) is 0.315. The fraction of sp³-hybridized carbons (Fsp3) is 0. The molecule has 1 aromatic heterocycles. The van der Waals surface area contributed by atoms with Crippen LogP contribution in [0.25, 0.3) is 0 Å². The zero-order valence-electron chi connectivity index (χ0n) is 3.70. The van der Waals surface area contributed by atoms with E-state index in [1.165, 1.54) is 0 Å². The largest absolute Gasteiger partial charge is 1.00 e. The van der Waals surface area contributed by atoms with E-state index in [9.17, 15) is 9.59 Å². The Hall–Kier alpha value is -0.450. The molecule has 1 rings (SSSR count). The third-order valence-corrected chi connectivity index (χ3v) is 0.571. The van der Waals surface area contributed by atoms with Gasteiger partial charge >= 0.3 is 22.4 Å². The molecule has 0 atom stereocenters. The Morgan fingerprint density at radius 3 is 2.12 bits per heavy atom. The molecule has 0 aliphatic heterocycles. The van der Waals surface area contributed by atoms with Crippen LogP contribution in [0.5, 0.6) is 0 Å². The van der Waals surface area contributed by atoms with Gasteiger partial charge < -0.3 is 14.8 Å². The molecule has 48 valence electrons. The molecule has 0 spiro atoms. The van der Waals surface area contributed by atoms with Gasteiger partial charge in [0, 0.05) is 0 Å². The maximum absolute atomic E-state index is 10.0. The van der Waals surface area contributed by atoms with Gasteiger partial charge in [-0.2, -0.15) is 0 Å². The molecular weight excluding hydrogens is 293 g/mol. The summed E-state index contributed by atoms with van der Waals surface area (Å²) < 4.78 is 0. The Bertz CT molecular complexity index is 220. The fourth-order valence-electron chi connectivity index (χ4n) is 0.315. The number of rotatable bonds is 0. The molecule has 0 saturated heterocycles. The molecule has 2 N–H and O–H groups in total. The number of aromatic nitrogens is 2. The molecule has 0 aromatic carbocycles. The predicted octanol–water partition coefficient (Wildman–Crippen LogP) is -1.22. The summed E-state index contributed by atoms with van der Waals surface area (Å²) in [4.78, 5) is 24.1. The van der Waals surface area contributed by atoms with Crippen molar-refractivity contribution in [3.63, 3.8) is 0 Å². The SMILES string of the molecule is O=c1[cH-][nH]c(=O)[nH]1.[Au+]. The summed E-state index contributed by atoms with van der Waals surface area (Å²) in [6.45, 7) is 0. The molecule has 5 heteroatoms. The minimum atomic E-state index is -0.454. The van der Waals surface area contributed by atoms with Crippen LogP contribution in [-0.4, -0.2) is 9.97 Å². The molecule has 8 heavy (non-hydrogen) atoms. The maximum Gasteiger partial charge on any atom is 1.00 e. The molecule has 0 saturated carbocycles. The van der Waals surface area contributed by atoms with Gasteiger partial charge in [-0.3, -0.25) is 4.79 Å². The second-order valence-corrected chi connectivity index (χ2v) is 1.11. The Morgan fingerprint density at radius 1 is 1.38 bits per heavy atom. The van der Waals surface area contributed by atoms with Gasteiger partial charge in [0.25, 0.3) is 0 Å². The molecule has 0 radical (unpaired) electrons. The first-order valence-corrected chi connectivity index (χ1v) is 1.74. The van der Waals surface area contributed by atoms with Crippen LogP contribution in [0.3, 0.4) is 0 Å². The van der Waals surface area contributed by atoms with E-state index in [-0.39, 0.29) is 27.9 Å². The third-order valence-electron chi connectivity index (χ3n) is 0.571. The molecular formula is C3H3AuN2O2. The van der Waals surface area contributed by atoms with Crippen LogP contribution in [0.15, 0.2) is 15.8 Å². The van der Waals surface area contributed by atoms with Crippen LogP contribution in [0.4, 0.5) is 0 Å². The summed E-state index contributed by atoms with van der Waals surface area (Å²) in [5.74, 6) is 0. The topological polar surface area (TPSA) is 65.7 Å². The van der Waals surface area contributed by atoms with Crippen LogP contribution in [-0.2, 0) is 22.4 Å². The molecule has 0 bridgehead atoms. The molecule has 0 aliphatic carbocycles. The van der Waals surface area contributed by atoms with Crippen molar-refractivity contribution in [3.05, 3.63) is 27.0 Å². The van der Waals surface area contributed by atoms with Gasteiger partial charge in [0.15, 0.2) is 11.2 Å². The molecule has 0 amide bonds. The first-order valence-electron chi connectivity index (χ1n) is 1.74. The van der Waals surface area contributed by atoms with Crippen LogP contribution < -0.4 is 11.2 Å². The van der Waals surface area contributed by atoms with Crippen LogP contribution in [0, 0.1) is 0 Å². The Labute approximate surface area is 59.8 Å². The van der Waals surface area contributed by atoms with Gasteiger partial charge in [-0.1, -0.05) is 6.20 Å². The summed E-state index contributed by atoms with van der Waals surface area (Å²) in [5, 5.41) is 0. The molecule has 4 nitrogen and oxygen atoms in total. The standard InChI is InChI=1S/C3H3N2O2.Au/c6-2-1-4-3(7)5-2;/h1H,(H2,4,5,6,7);/q-1;+1. The van der Waals surface area contributed by atoms with Crippen molar-refractivity contribution < 1.29 is 22.4 Å². The van der Waals surface area contributed by atoms with E-state index < -0.39 is 5.69 Å². The summed E-state index contributed by atoms with van der Waals surface area (Å²) >= 11 is 0. The number of hydrogen-bond donors (Lipinski definition) is 2. The first kappa shape index (κ1) is 7.55. The average Bonchev–Trinajstić information content (AvgIpc) is 1.87. The molecule has 1 heterocycles. The zero-order valence-corrected chi connectivity index (χ0v) is 5.86. The number of imidazole rings is 1. The van der Waals surface area contributed by atoms with Crippen molar-refractivity contribution >= 4 is 0 Å². The van der Waals surface area contributed by atoms with E-state index in [1.54, 1.807) is 0 Å². The second kappa shape index (κ2) is 2.76. The maximum atomic E-state index is 10.0. The van der Waals surface area contributed by atoms with Gasteiger partial charge in [0.05, 0.1) is 0 Å². The summed E-state index contributed by atoms with van der Waals surface area (Å²) in [6, 6.07) is 0. The van der Waals surface area contributed by atoms with Crippen molar-refractivity contribution in [2.24, 2.45) is 0 Å². The van der Waals surface area contributed by atoms with E-state index in [2.05, 4.69) is 4.98 Å². The van der Waals surface area contributed by atoms with Crippen LogP contribution in [0.2, 0.25) is 0 Å². The van der Waals surface area contributed by atoms with Crippen molar-refractivity contribution in [3.8, 4) is 0 Å². The smallest absolute Gasteiger partial charge is 0.466 e. The number of H-pyrrole nitrogens is 2. The van der Waals surface area contributed by atoms with Crippen molar-refractivity contribution in [1.29, 1.82) is 0 Å². The summed E-state index contributed by atoms with van der Waals surface area (Å²) in [7, 11) is 0. The number of aromatic amines is 2. The van der Waals surface area contributed by atoms with Gasteiger partial charge in [0.1, 0.15) is 0 Å². The van der Waals surface area contributed by atoms with E-state index in [0.717, 1.165) is 6.20 Å². The van der Waals surface area contributed by atoms with E-state index >= 15 is 0 Å². The van der Waals surface area contributed by atoms with E-state index in [0.29, 0.717) is 0 Å². The summed E-state index contributed by atoms with van der Waals surface area (Å²) in [6.07, 6.45) is 1.07. The zero-order chi connectivity index (χ0) is 5.28. The van der Waals surface area contributed by atoms with Gasteiger partial charge in [0.2, 0.25) is 0 Å². The normalized spacial score (nSPS) is 8.00. The van der Waals surface area contributed by atoms with Crippen molar-refractivity contribution in [1.82, 2.24) is 9.97 Å². The Kier molecular flexibility index (Phi) is 2.60. The van der Waals surface area contributed by atoms with Gasteiger partial charge in [-0.05, 0) is 0 Å². The van der Waals surface area contributed by atoms with Crippen molar-refractivity contribution in [2.75, 3.05) is 0 Å². The minimum absolute atomic E-state index is 0. The van der Waals surface area contributed by atoms with Gasteiger partial charge in [-0.15, -0.1) is 0 Å². The molecule has 0 fully saturated rings. The molecule has 0 unspecified atom stereocenters. The van der Waals surface area contributed by atoms with Crippen LogP contribution in [0.1, 0.15) is 0 Å². The average molecular weight is 296 g/mol. The van der Waals surface area contributed by atoms with Crippen molar-refractivity contribution in [2.45, 2.75) is 0 Å². The minimum Gasteiger partial charge on any atom is -0.466 e. The van der Waals surface area contributed by atoms with E-state index in [4.69, 9.17) is 0 Å². The third kappa shape index (κ3) is 1.57. The summed E-state index contributed by atoms with van der Waals surface area (Å²) in [5.41, 5.74) is -0.838. The van der Waals surface area contributed by atoms with Gasteiger partial charge in [-0.25, -0.2) is 0 Å². The monoisotopic (exact) mass is 296 g/mol. The number of hydrogen-bond acceptors (Lipinski definition) is 2. The predicted molar refractivity (Wildman–Crippen MR) is 23.3 cm³/mol. The quantitative estimate of drug-likeness (QED) is 0.465. The van der Waals surface area contributed by atoms with Crippen LogP contribution >= 0.6 is 0 Å². The molecule has 1 aromatic rings. The second-order valence-electron chi connectivity index (χ2n) is 1.11. The van der Waals surface area contributed by atoms with E-state index in [1.807, 2.05) is 4.98 Å².